The van der Waals surface area contributed by atoms with E-state index in [9.17, 15) is 9.90 Å². The molecule has 0 saturated carbocycles. The Bertz CT molecular complexity index is 941. The molecule has 0 aliphatic carbocycles. The van der Waals surface area contributed by atoms with Crippen molar-refractivity contribution in [1.82, 2.24) is 15.0 Å². The van der Waals surface area contributed by atoms with Gasteiger partial charge < -0.3 is 20.6 Å². The van der Waals surface area contributed by atoms with Crippen LogP contribution in [0.3, 0.4) is 0 Å². The third-order valence-electron chi connectivity index (χ3n) is 4.33. The van der Waals surface area contributed by atoms with E-state index >= 15 is 0 Å². The summed E-state index contributed by atoms with van der Waals surface area (Å²) in [5.74, 6) is 0.0307. The van der Waals surface area contributed by atoms with E-state index in [4.69, 9.17) is 22.1 Å². The molecule has 2 heterocycles. The van der Waals surface area contributed by atoms with Gasteiger partial charge in [0.1, 0.15) is 11.5 Å². The number of nitrogens with one attached hydrogen (secondary N) is 1. The quantitative estimate of drug-likeness (QED) is 0.537. The van der Waals surface area contributed by atoms with Crippen molar-refractivity contribution in [2.75, 3.05) is 6.61 Å². The minimum absolute atomic E-state index is 0.138. The maximum atomic E-state index is 11.2. The lowest BCUT2D eigenvalue weighted by atomic mass is 9.99. The van der Waals surface area contributed by atoms with E-state index in [0.29, 0.717) is 29.8 Å². The molecule has 7 nitrogen and oxygen atoms in total. The molecule has 146 valence electrons. The SMILES string of the molecule is C[C@H](O)[C@H](CCOc1cccc(-c2ccc(Cl)cc2)n1)c1nc(C(N)=O)c[nH]1. The van der Waals surface area contributed by atoms with Gasteiger partial charge in [-0.25, -0.2) is 9.97 Å². The first kappa shape index (κ1) is 19.9. The fraction of sp³-hybridized carbons (Fsp3) is 0.250. The zero-order chi connectivity index (χ0) is 20.1. The fourth-order valence-electron chi connectivity index (χ4n) is 2.83. The number of primary amides is 1. The minimum atomic E-state index is -0.677. The number of hydrogen-bond acceptors (Lipinski definition) is 5. The summed E-state index contributed by atoms with van der Waals surface area (Å²) in [6, 6.07) is 12.9. The van der Waals surface area contributed by atoms with Gasteiger partial charge in [-0.05, 0) is 31.5 Å². The molecule has 28 heavy (non-hydrogen) atoms. The highest BCUT2D eigenvalue weighted by Crippen LogP contribution is 2.24. The van der Waals surface area contributed by atoms with E-state index in [-0.39, 0.29) is 11.6 Å². The second-order valence-corrected chi connectivity index (χ2v) is 6.82. The predicted octanol–water partition coefficient (Wildman–Crippen LogP) is 3.16. The Labute approximate surface area is 167 Å². The van der Waals surface area contributed by atoms with Gasteiger partial charge in [0.05, 0.1) is 18.4 Å². The van der Waals surface area contributed by atoms with Crippen LogP contribution in [0.15, 0.2) is 48.7 Å². The molecule has 0 aliphatic rings. The number of carbonyl (C=O) groups excluding carboxylic acids is 1. The summed E-state index contributed by atoms with van der Waals surface area (Å²) in [6.45, 7) is 1.98. The van der Waals surface area contributed by atoms with Crippen LogP contribution in [-0.4, -0.2) is 38.7 Å². The molecule has 0 spiro atoms. The topological polar surface area (TPSA) is 114 Å². The van der Waals surface area contributed by atoms with Crippen molar-refractivity contribution >= 4 is 17.5 Å². The summed E-state index contributed by atoms with van der Waals surface area (Å²) in [5.41, 5.74) is 7.08. The fourth-order valence-corrected chi connectivity index (χ4v) is 2.95. The van der Waals surface area contributed by atoms with E-state index in [1.807, 2.05) is 36.4 Å². The van der Waals surface area contributed by atoms with Gasteiger partial charge in [-0.15, -0.1) is 0 Å². The first-order valence-corrected chi connectivity index (χ1v) is 9.21. The van der Waals surface area contributed by atoms with Crippen LogP contribution in [0, 0.1) is 0 Å². The average Bonchev–Trinajstić information content (AvgIpc) is 3.16. The summed E-state index contributed by atoms with van der Waals surface area (Å²) in [6.07, 6.45) is 1.24. The largest absolute Gasteiger partial charge is 0.478 e. The number of aromatic nitrogens is 3. The number of pyridine rings is 1. The number of aromatic amines is 1. The van der Waals surface area contributed by atoms with E-state index in [1.54, 1.807) is 13.0 Å². The molecule has 1 amide bonds. The number of aliphatic hydroxyl groups is 1. The van der Waals surface area contributed by atoms with E-state index < -0.39 is 12.0 Å². The number of halogens is 1. The van der Waals surface area contributed by atoms with Crippen molar-refractivity contribution < 1.29 is 14.6 Å². The third-order valence-corrected chi connectivity index (χ3v) is 4.58. The van der Waals surface area contributed by atoms with Gasteiger partial charge in [0.2, 0.25) is 5.88 Å². The van der Waals surface area contributed by atoms with Crippen LogP contribution in [0.25, 0.3) is 11.3 Å². The molecular formula is C20H21ClN4O3. The lowest BCUT2D eigenvalue weighted by Crippen LogP contribution is -2.19. The molecule has 0 aliphatic heterocycles. The van der Waals surface area contributed by atoms with Gasteiger partial charge in [0.15, 0.2) is 0 Å². The number of hydrogen-bond donors (Lipinski definition) is 3. The lowest BCUT2D eigenvalue weighted by Gasteiger charge is -2.17. The smallest absolute Gasteiger partial charge is 0.268 e. The van der Waals surface area contributed by atoms with E-state index in [0.717, 1.165) is 11.3 Å². The Balaban J connectivity index is 1.65. The van der Waals surface area contributed by atoms with Crippen molar-refractivity contribution in [1.29, 1.82) is 0 Å². The Hall–Kier alpha value is -2.90. The monoisotopic (exact) mass is 400 g/mol. The number of aliphatic hydroxyl groups excluding tert-OH is 1. The number of benzene rings is 1. The molecule has 0 unspecified atom stereocenters. The number of nitrogens with zero attached hydrogens (tertiary/aromatic N) is 2. The molecule has 2 aromatic heterocycles. The molecule has 1 aromatic carbocycles. The zero-order valence-electron chi connectivity index (χ0n) is 15.3. The Morgan fingerprint density at radius 1 is 1.25 bits per heavy atom. The summed E-state index contributed by atoms with van der Waals surface area (Å²) >= 11 is 5.92. The maximum absolute atomic E-state index is 11.2. The van der Waals surface area contributed by atoms with Crippen molar-refractivity contribution in [2.45, 2.75) is 25.4 Å². The zero-order valence-corrected chi connectivity index (χ0v) is 16.1. The van der Waals surface area contributed by atoms with Crippen LogP contribution >= 0.6 is 11.6 Å². The van der Waals surface area contributed by atoms with Gasteiger partial charge in [-0.1, -0.05) is 29.8 Å². The molecule has 3 rings (SSSR count). The molecule has 0 fully saturated rings. The van der Waals surface area contributed by atoms with Gasteiger partial charge >= 0.3 is 0 Å². The molecular weight excluding hydrogens is 380 g/mol. The van der Waals surface area contributed by atoms with Gasteiger partial charge in [0, 0.05) is 28.8 Å². The number of nitrogens with two attached hydrogens (primary N) is 1. The number of imidazole rings is 1. The standard InChI is InChI=1S/C20H21ClN4O3/c1-12(26)15(20-23-11-17(25-20)19(22)27)9-10-28-18-4-2-3-16(24-18)13-5-7-14(21)8-6-13/h2-8,11-12,15,26H,9-10H2,1H3,(H2,22,27)(H,23,25)/t12-,15-/m0/s1. The van der Waals surface area contributed by atoms with Crippen molar-refractivity contribution in [3.63, 3.8) is 0 Å². The molecule has 0 radical (unpaired) electrons. The summed E-state index contributed by atoms with van der Waals surface area (Å²) in [7, 11) is 0. The highest BCUT2D eigenvalue weighted by atomic mass is 35.5. The van der Waals surface area contributed by atoms with Gasteiger partial charge in [0.25, 0.3) is 5.91 Å². The van der Waals surface area contributed by atoms with E-state index in [1.165, 1.54) is 6.20 Å². The average molecular weight is 401 g/mol. The molecule has 8 heteroatoms. The molecule has 4 N–H and O–H groups in total. The van der Waals surface area contributed by atoms with Crippen LogP contribution in [0.2, 0.25) is 5.02 Å². The first-order valence-electron chi connectivity index (χ1n) is 8.83. The first-order chi connectivity index (χ1) is 13.4. The number of amides is 1. The number of rotatable bonds is 8. The molecule has 2 atom stereocenters. The number of H-pyrrole nitrogens is 1. The highest BCUT2D eigenvalue weighted by Gasteiger charge is 2.22. The Kier molecular flexibility index (Phi) is 6.28. The highest BCUT2D eigenvalue weighted by molar-refractivity contribution is 6.30. The maximum Gasteiger partial charge on any atom is 0.268 e. The summed E-state index contributed by atoms with van der Waals surface area (Å²) in [4.78, 5) is 22.8. The Morgan fingerprint density at radius 3 is 2.64 bits per heavy atom. The Morgan fingerprint density at radius 2 is 2.00 bits per heavy atom. The van der Waals surface area contributed by atoms with Crippen molar-refractivity contribution in [3.8, 4) is 17.1 Å². The molecule has 0 bridgehead atoms. The van der Waals surface area contributed by atoms with Crippen molar-refractivity contribution in [2.24, 2.45) is 5.73 Å². The van der Waals surface area contributed by atoms with E-state index in [2.05, 4.69) is 15.0 Å². The van der Waals surface area contributed by atoms with Crippen LogP contribution in [0.1, 0.15) is 35.6 Å². The summed E-state index contributed by atoms with van der Waals surface area (Å²) in [5, 5.41) is 10.7. The van der Waals surface area contributed by atoms with Crippen molar-refractivity contribution in [3.05, 3.63) is 65.2 Å². The summed E-state index contributed by atoms with van der Waals surface area (Å²) < 4.78 is 5.77. The second kappa shape index (κ2) is 8.86. The number of ether oxygens (including phenoxy) is 1. The normalized spacial score (nSPS) is 13.1. The molecule has 3 aromatic rings. The van der Waals surface area contributed by atoms with Crippen LogP contribution in [0.4, 0.5) is 0 Å². The predicted molar refractivity (Wildman–Crippen MR) is 106 cm³/mol. The van der Waals surface area contributed by atoms with Crippen LogP contribution in [-0.2, 0) is 0 Å². The molecule has 0 saturated heterocycles. The second-order valence-electron chi connectivity index (χ2n) is 6.39. The van der Waals surface area contributed by atoms with Gasteiger partial charge in [-0.3, -0.25) is 4.79 Å². The lowest BCUT2D eigenvalue weighted by molar-refractivity contribution is 0.0995. The van der Waals surface area contributed by atoms with Crippen LogP contribution < -0.4 is 10.5 Å². The van der Waals surface area contributed by atoms with Crippen LogP contribution in [0.5, 0.6) is 5.88 Å². The minimum Gasteiger partial charge on any atom is -0.478 e. The van der Waals surface area contributed by atoms with Gasteiger partial charge in [-0.2, -0.15) is 0 Å². The third kappa shape index (κ3) is 4.88. The number of carbonyl (C=O) groups is 1.